The van der Waals surface area contributed by atoms with Crippen molar-refractivity contribution in [1.82, 2.24) is 16.0 Å². The molecule has 0 fully saturated rings. The summed E-state index contributed by atoms with van der Waals surface area (Å²) in [4.78, 5) is 60.8. The van der Waals surface area contributed by atoms with Crippen LogP contribution in [0.5, 0.6) is 0 Å². The second kappa shape index (κ2) is 18.5. The Bertz CT molecular complexity index is 719. The van der Waals surface area contributed by atoms with E-state index in [0.717, 1.165) is 6.42 Å². The number of hydrogen-bond acceptors (Lipinski definition) is 8. The summed E-state index contributed by atoms with van der Waals surface area (Å²) in [5.74, 6) is -4.40. The molecule has 11 N–H and O–H groups in total. The molecule has 0 spiro atoms. The lowest BCUT2D eigenvalue weighted by molar-refractivity contribution is -0.143. The smallest absolute Gasteiger partial charge is 0.326 e. The van der Waals surface area contributed by atoms with E-state index in [2.05, 4.69) is 16.0 Å². The van der Waals surface area contributed by atoms with E-state index < -0.39 is 60.2 Å². The van der Waals surface area contributed by atoms with Crippen LogP contribution in [0.25, 0.3) is 0 Å². The van der Waals surface area contributed by atoms with Gasteiger partial charge in [0, 0.05) is 6.42 Å². The summed E-state index contributed by atoms with van der Waals surface area (Å²) in [7, 11) is 0. The summed E-state index contributed by atoms with van der Waals surface area (Å²) in [6, 6.07) is -4.29. The van der Waals surface area contributed by atoms with Crippen LogP contribution in [-0.4, -0.2) is 77.1 Å². The maximum Gasteiger partial charge on any atom is 0.326 e. The number of rotatable bonds is 20. The maximum atomic E-state index is 13.1. The van der Waals surface area contributed by atoms with Crippen LogP contribution in [0.1, 0.15) is 71.6 Å². The molecule has 0 rings (SSSR count). The molecule has 4 unspecified atom stereocenters. The monoisotopic (exact) mass is 516 g/mol. The zero-order valence-electron chi connectivity index (χ0n) is 21.3. The van der Waals surface area contributed by atoms with Crippen LogP contribution in [0, 0.1) is 5.92 Å². The van der Waals surface area contributed by atoms with Crippen molar-refractivity contribution >= 4 is 29.7 Å². The van der Waals surface area contributed by atoms with Crippen LogP contribution in [-0.2, 0) is 24.0 Å². The zero-order valence-corrected chi connectivity index (χ0v) is 21.3. The van der Waals surface area contributed by atoms with E-state index >= 15 is 0 Å². The Balaban J connectivity index is 5.46. The lowest BCUT2D eigenvalue weighted by Gasteiger charge is -2.26. The van der Waals surface area contributed by atoms with E-state index in [4.69, 9.17) is 22.3 Å². The predicted molar refractivity (Wildman–Crippen MR) is 134 cm³/mol. The highest BCUT2D eigenvalue weighted by Gasteiger charge is 2.30. The molecule has 36 heavy (non-hydrogen) atoms. The third-order valence-corrected chi connectivity index (χ3v) is 5.49. The Morgan fingerprint density at radius 1 is 0.694 bits per heavy atom. The van der Waals surface area contributed by atoms with Crippen LogP contribution in [0.3, 0.4) is 0 Å². The fraction of sp³-hybridized carbons (Fsp3) is 0.783. The van der Waals surface area contributed by atoms with Crippen molar-refractivity contribution in [3.05, 3.63) is 0 Å². The molecule has 0 saturated carbocycles. The highest BCUT2D eigenvalue weighted by Crippen LogP contribution is 2.09. The number of nitrogens with two attached hydrogens (primary N) is 3. The number of carbonyl (C=O) groups is 5. The average Bonchev–Trinajstić information content (AvgIpc) is 2.79. The molecule has 0 aliphatic rings. The van der Waals surface area contributed by atoms with Gasteiger partial charge in [0.1, 0.15) is 18.1 Å². The van der Waals surface area contributed by atoms with Crippen molar-refractivity contribution in [3.8, 4) is 0 Å². The molecule has 0 aromatic rings. The second-order valence-corrected chi connectivity index (χ2v) is 9.26. The quantitative estimate of drug-likeness (QED) is 0.0919. The van der Waals surface area contributed by atoms with Gasteiger partial charge in [0.05, 0.1) is 6.04 Å². The third kappa shape index (κ3) is 14.6. The number of amides is 3. The molecule has 13 heteroatoms. The zero-order chi connectivity index (χ0) is 27.7. The summed E-state index contributed by atoms with van der Waals surface area (Å²) in [5.41, 5.74) is 16.9. The summed E-state index contributed by atoms with van der Waals surface area (Å²) in [6.45, 7) is 4.60. The van der Waals surface area contributed by atoms with Gasteiger partial charge in [-0.2, -0.15) is 0 Å². The molecule has 0 bridgehead atoms. The van der Waals surface area contributed by atoms with E-state index in [1.807, 2.05) is 13.8 Å². The van der Waals surface area contributed by atoms with Gasteiger partial charge in [-0.05, 0) is 64.0 Å². The van der Waals surface area contributed by atoms with E-state index in [1.165, 1.54) is 0 Å². The summed E-state index contributed by atoms with van der Waals surface area (Å²) in [5, 5.41) is 25.8. The van der Waals surface area contributed by atoms with Gasteiger partial charge in [0.15, 0.2) is 0 Å². The van der Waals surface area contributed by atoms with E-state index in [1.54, 1.807) is 0 Å². The molecule has 0 heterocycles. The molecule has 0 radical (unpaired) electrons. The summed E-state index contributed by atoms with van der Waals surface area (Å²) in [6.07, 6.45) is 2.57. The Morgan fingerprint density at radius 2 is 1.19 bits per heavy atom. The topological polar surface area (TPSA) is 240 Å². The lowest BCUT2D eigenvalue weighted by Crippen LogP contribution is -2.57. The number of nitrogens with one attached hydrogen (secondary N) is 3. The van der Waals surface area contributed by atoms with Gasteiger partial charge >= 0.3 is 11.9 Å². The molecule has 4 atom stereocenters. The highest BCUT2D eigenvalue weighted by atomic mass is 16.4. The maximum absolute atomic E-state index is 13.1. The predicted octanol–water partition coefficient (Wildman–Crippen LogP) is -0.978. The van der Waals surface area contributed by atoms with Crippen LogP contribution >= 0.6 is 0 Å². The van der Waals surface area contributed by atoms with Crippen LogP contribution in [0.2, 0.25) is 0 Å². The van der Waals surface area contributed by atoms with Crippen molar-refractivity contribution in [2.75, 3.05) is 13.1 Å². The molecular weight excluding hydrogens is 472 g/mol. The van der Waals surface area contributed by atoms with Crippen molar-refractivity contribution < 1.29 is 34.2 Å². The standard InChI is InChI=1S/C23H44N6O7/c1-14(2)13-18(29-20(32)15(26)7-3-5-11-24)22(34)27-16(8-4-6-12-25)21(33)28-17(23(35)36)9-10-19(30)31/h14-18H,3-13,24-26H2,1-2H3,(H,27,34)(H,28,33)(H,29,32)(H,30,31)(H,35,36). The molecule has 0 aliphatic heterocycles. The van der Waals surface area contributed by atoms with Gasteiger partial charge in [-0.1, -0.05) is 20.3 Å². The Hall–Kier alpha value is -2.77. The second-order valence-electron chi connectivity index (χ2n) is 9.26. The van der Waals surface area contributed by atoms with Gasteiger partial charge in [0.2, 0.25) is 17.7 Å². The van der Waals surface area contributed by atoms with Crippen LogP contribution in [0.4, 0.5) is 0 Å². The molecule has 0 aromatic carbocycles. The molecule has 3 amide bonds. The first kappa shape index (κ1) is 33.2. The Kier molecular flexibility index (Phi) is 17.1. The molecule has 0 aromatic heterocycles. The number of aliphatic carboxylic acids is 2. The number of carbonyl (C=O) groups excluding carboxylic acids is 3. The van der Waals surface area contributed by atoms with Crippen molar-refractivity contribution in [2.24, 2.45) is 23.1 Å². The number of unbranched alkanes of at least 4 members (excludes halogenated alkanes) is 2. The van der Waals surface area contributed by atoms with Gasteiger partial charge < -0.3 is 43.4 Å². The molecular formula is C23H44N6O7. The molecule has 208 valence electrons. The first-order chi connectivity index (χ1) is 16.9. The minimum absolute atomic E-state index is 0.0337. The average molecular weight is 517 g/mol. The minimum Gasteiger partial charge on any atom is -0.481 e. The summed E-state index contributed by atoms with van der Waals surface area (Å²) < 4.78 is 0. The van der Waals surface area contributed by atoms with Crippen molar-refractivity contribution in [3.63, 3.8) is 0 Å². The van der Waals surface area contributed by atoms with Crippen molar-refractivity contribution in [2.45, 2.75) is 95.8 Å². The normalized spacial score (nSPS) is 14.4. The Morgan fingerprint density at radius 3 is 1.69 bits per heavy atom. The van der Waals surface area contributed by atoms with Crippen LogP contribution < -0.4 is 33.2 Å². The molecule has 13 nitrogen and oxygen atoms in total. The molecule has 0 saturated heterocycles. The number of carboxylic acids is 2. The number of hydrogen-bond donors (Lipinski definition) is 8. The highest BCUT2D eigenvalue weighted by molar-refractivity contribution is 5.94. The third-order valence-electron chi connectivity index (χ3n) is 5.49. The van der Waals surface area contributed by atoms with Gasteiger partial charge in [-0.25, -0.2) is 4.79 Å². The van der Waals surface area contributed by atoms with Gasteiger partial charge in [0.25, 0.3) is 0 Å². The first-order valence-electron chi connectivity index (χ1n) is 12.4. The van der Waals surface area contributed by atoms with E-state index in [-0.39, 0.29) is 18.8 Å². The summed E-state index contributed by atoms with van der Waals surface area (Å²) >= 11 is 0. The van der Waals surface area contributed by atoms with Crippen molar-refractivity contribution in [1.29, 1.82) is 0 Å². The van der Waals surface area contributed by atoms with E-state index in [0.29, 0.717) is 45.2 Å². The fourth-order valence-electron chi connectivity index (χ4n) is 3.45. The minimum atomic E-state index is -1.43. The largest absolute Gasteiger partial charge is 0.481 e. The van der Waals surface area contributed by atoms with Gasteiger partial charge in [-0.3, -0.25) is 19.2 Å². The van der Waals surface area contributed by atoms with Gasteiger partial charge in [-0.15, -0.1) is 0 Å². The molecule has 0 aliphatic carbocycles. The first-order valence-corrected chi connectivity index (χ1v) is 12.4. The Labute approximate surface area is 212 Å². The van der Waals surface area contributed by atoms with Crippen LogP contribution in [0.15, 0.2) is 0 Å². The van der Waals surface area contributed by atoms with E-state index in [9.17, 15) is 29.1 Å². The SMILES string of the molecule is CC(C)CC(NC(=O)C(N)CCCCN)C(=O)NC(CCCCN)C(=O)NC(CCC(=O)O)C(=O)O. The fourth-order valence-corrected chi connectivity index (χ4v) is 3.45. The lowest BCUT2D eigenvalue weighted by atomic mass is 10.0. The number of carboxylic acid groups (broad SMARTS) is 2.